The normalized spacial score (nSPS) is 12.4. The molecule has 0 unspecified atom stereocenters. The van der Waals surface area contributed by atoms with Crippen molar-refractivity contribution in [3.05, 3.63) is 89.5 Å². The summed E-state index contributed by atoms with van der Waals surface area (Å²) in [6.45, 7) is 10.9. The Balaban J connectivity index is 2.14. The molecule has 220 valence electrons. The Morgan fingerprint density at radius 3 is 2.17 bits per heavy atom. The smallest absolute Gasteiger partial charge is 0.264 e. The Hall–Kier alpha value is -3.85. The van der Waals surface area contributed by atoms with Crippen molar-refractivity contribution < 1.29 is 22.7 Å². The molecule has 9 heteroatoms. The first-order chi connectivity index (χ1) is 19.3. The number of sulfonamides is 1. The fraction of sp³-hybridized carbons (Fsp3) is 0.375. The van der Waals surface area contributed by atoms with Gasteiger partial charge in [0.1, 0.15) is 18.3 Å². The number of amides is 2. The molecule has 3 aromatic carbocycles. The number of anilines is 1. The van der Waals surface area contributed by atoms with Crippen molar-refractivity contribution in [2.45, 2.75) is 71.0 Å². The SMILES string of the molecule is CC[C@H](C(=O)NC(C)(C)C)N(Cc1ccccc1C)C(=O)CN(c1cc(C)ccc1OC)S(=O)(=O)c1ccccc1. The largest absolute Gasteiger partial charge is 0.495 e. The lowest BCUT2D eigenvalue weighted by Gasteiger charge is -2.35. The van der Waals surface area contributed by atoms with Crippen LogP contribution in [0.2, 0.25) is 0 Å². The second kappa shape index (κ2) is 13.2. The van der Waals surface area contributed by atoms with Crippen molar-refractivity contribution in [3.63, 3.8) is 0 Å². The summed E-state index contributed by atoms with van der Waals surface area (Å²) in [7, 11) is -2.73. The van der Waals surface area contributed by atoms with Gasteiger partial charge in [-0.1, -0.05) is 55.5 Å². The van der Waals surface area contributed by atoms with Gasteiger partial charge in [-0.25, -0.2) is 8.42 Å². The summed E-state index contributed by atoms with van der Waals surface area (Å²) >= 11 is 0. The van der Waals surface area contributed by atoms with E-state index in [1.807, 2.05) is 71.9 Å². The number of hydrogen-bond acceptors (Lipinski definition) is 5. The summed E-state index contributed by atoms with van der Waals surface area (Å²) in [5.74, 6) is -0.495. The number of aryl methyl sites for hydroxylation is 2. The van der Waals surface area contributed by atoms with E-state index in [2.05, 4.69) is 5.32 Å². The molecule has 0 fully saturated rings. The molecule has 0 aliphatic heterocycles. The van der Waals surface area contributed by atoms with E-state index in [0.717, 1.165) is 21.0 Å². The first-order valence-electron chi connectivity index (χ1n) is 13.7. The summed E-state index contributed by atoms with van der Waals surface area (Å²) in [5, 5.41) is 2.99. The van der Waals surface area contributed by atoms with Crippen LogP contribution in [0.3, 0.4) is 0 Å². The van der Waals surface area contributed by atoms with E-state index in [1.165, 1.54) is 24.1 Å². The first-order valence-corrected chi connectivity index (χ1v) is 15.1. The molecular formula is C32H41N3O5S. The number of hydrogen-bond donors (Lipinski definition) is 1. The lowest BCUT2D eigenvalue weighted by atomic mass is 10.0. The highest BCUT2D eigenvalue weighted by atomic mass is 32.2. The predicted molar refractivity (Wildman–Crippen MR) is 162 cm³/mol. The van der Waals surface area contributed by atoms with Gasteiger partial charge in [0.15, 0.2) is 0 Å². The van der Waals surface area contributed by atoms with Crippen molar-refractivity contribution in [3.8, 4) is 5.75 Å². The Morgan fingerprint density at radius 2 is 1.59 bits per heavy atom. The van der Waals surface area contributed by atoms with E-state index >= 15 is 0 Å². The van der Waals surface area contributed by atoms with Gasteiger partial charge < -0.3 is 15.0 Å². The standard InChI is InChI=1S/C32H41N3O5S/c1-8-27(31(37)33-32(4,5)6)34(21-25-15-13-12-14-24(25)3)30(36)22-35(28-20-23(2)18-19-29(28)40-7)41(38,39)26-16-10-9-11-17-26/h9-20,27H,8,21-22H2,1-7H3,(H,33,37)/t27-/m1/s1. The molecule has 3 rings (SSSR count). The minimum atomic E-state index is -4.19. The summed E-state index contributed by atoms with van der Waals surface area (Å²) in [6.07, 6.45) is 0.346. The highest BCUT2D eigenvalue weighted by Gasteiger charge is 2.35. The predicted octanol–water partition coefficient (Wildman–Crippen LogP) is 5.23. The zero-order valence-corrected chi connectivity index (χ0v) is 25.8. The van der Waals surface area contributed by atoms with Crippen molar-refractivity contribution in [2.75, 3.05) is 18.0 Å². The van der Waals surface area contributed by atoms with Crippen molar-refractivity contribution in [1.29, 1.82) is 0 Å². The minimum absolute atomic E-state index is 0.0410. The summed E-state index contributed by atoms with van der Waals surface area (Å²) in [6, 6.07) is 20.0. The third-order valence-electron chi connectivity index (χ3n) is 6.70. The number of nitrogens with one attached hydrogen (secondary N) is 1. The van der Waals surface area contributed by atoms with E-state index < -0.39 is 34.1 Å². The van der Waals surface area contributed by atoms with Crippen LogP contribution in [0.5, 0.6) is 5.75 Å². The lowest BCUT2D eigenvalue weighted by Crippen LogP contribution is -2.55. The average molecular weight is 580 g/mol. The number of nitrogens with zero attached hydrogens (tertiary/aromatic N) is 2. The highest BCUT2D eigenvalue weighted by molar-refractivity contribution is 7.92. The van der Waals surface area contributed by atoms with Crippen LogP contribution in [-0.4, -0.2) is 50.4 Å². The molecule has 2 amide bonds. The maximum absolute atomic E-state index is 14.3. The lowest BCUT2D eigenvalue weighted by molar-refractivity contribution is -0.141. The van der Waals surface area contributed by atoms with E-state index in [4.69, 9.17) is 4.74 Å². The molecule has 3 aromatic rings. The first kappa shape index (κ1) is 31.7. The van der Waals surface area contributed by atoms with E-state index in [0.29, 0.717) is 12.2 Å². The Labute approximate surface area is 244 Å². The topological polar surface area (TPSA) is 96.0 Å². The quantitative estimate of drug-likeness (QED) is 0.336. The van der Waals surface area contributed by atoms with Gasteiger partial charge in [0.2, 0.25) is 11.8 Å². The zero-order valence-electron chi connectivity index (χ0n) is 25.0. The zero-order chi connectivity index (χ0) is 30.4. The van der Waals surface area contributed by atoms with Crippen LogP contribution in [-0.2, 0) is 26.2 Å². The minimum Gasteiger partial charge on any atom is -0.495 e. The van der Waals surface area contributed by atoms with Gasteiger partial charge in [-0.05, 0) is 82.0 Å². The van der Waals surface area contributed by atoms with E-state index in [9.17, 15) is 18.0 Å². The number of carbonyl (C=O) groups is 2. The average Bonchev–Trinajstić information content (AvgIpc) is 2.92. The summed E-state index contributed by atoms with van der Waals surface area (Å²) < 4.78 is 34.7. The summed E-state index contributed by atoms with van der Waals surface area (Å²) in [5.41, 5.74) is 2.36. The van der Waals surface area contributed by atoms with Gasteiger partial charge in [-0.3, -0.25) is 13.9 Å². The third-order valence-corrected chi connectivity index (χ3v) is 8.47. The molecule has 0 heterocycles. The van der Waals surface area contributed by atoms with Gasteiger partial charge in [0, 0.05) is 12.1 Å². The van der Waals surface area contributed by atoms with E-state index in [1.54, 1.807) is 30.3 Å². The van der Waals surface area contributed by atoms with Crippen molar-refractivity contribution in [2.24, 2.45) is 0 Å². The molecular weight excluding hydrogens is 538 g/mol. The molecule has 0 saturated carbocycles. The third kappa shape index (κ3) is 7.88. The fourth-order valence-electron chi connectivity index (χ4n) is 4.57. The molecule has 0 aromatic heterocycles. The Bertz CT molecular complexity index is 1470. The van der Waals surface area contributed by atoms with Crippen LogP contribution in [0.25, 0.3) is 0 Å². The number of carbonyl (C=O) groups excluding carboxylic acids is 2. The van der Waals surface area contributed by atoms with Crippen LogP contribution >= 0.6 is 0 Å². The fourth-order valence-corrected chi connectivity index (χ4v) is 6.01. The monoisotopic (exact) mass is 579 g/mol. The molecule has 0 aliphatic carbocycles. The van der Waals surface area contributed by atoms with Gasteiger partial charge in [-0.15, -0.1) is 0 Å². The van der Waals surface area contributed by atoms with Gasteiger partial charge >= 0.3 is 0 Å². The van der Waals surface area contributed by atoms with Gasteiger partial charge in [0.05, 0.1) is 17.7 Å². The van der Waals surface area contributed by atoms with Crippen LogP contribution in [0.1, 0.15) is 50.8 Å². The molecule has 0 aliphatic rings. The maximum atomic E-state index is 14.3. The second-order valence-corrected chi connectivity index (χ2v) is 13.0. The molecule has 0 radical (unpaired) electrons. The molecule has 1 N–H and O–H groups in total. The Kier molecular flexibility index (Phi) is 10.2. The van der Waals surface area contributed by atoms with Crippen LogP contribution in [0, 0.1) is 13.8 Å². The molecule has 0 saturated heterocycles. The number of benzene rings is 3. The number of ether oxygens (including phenoxy) is 1. The molecule has 41 heavy (non-hydrogen) atoms. The molecule has 0 spiro atoms. The Morgan fingerprint density at radius 1 is 0.951 bits per heavy atom. The highest BCUT2D eigenvalue weighted by Crippen LogP contribution is 2.34. The van der Waals surface area contributed by atoms with Crippen LogP contribution in [0.4, 0.5) is 5.69 Å². The van der Waals surface area contributed by atoms with Gasteiger partial charge in [0.25, 0.3) is 10.0 Å². The van der Waals surface area contributed by atoms with Gasteiger partial charge in [-0.2, -0.15) is 0 Å². The number of methoxy groups -OCH3 is 1. The maximum Gasteiger partial charge on any atom is 0.264 e. The van der Waals surface area contributed by atoms with Crippen molar-refractivity contribution in [1.82, 2.24) is 10.2 Å². The molecule has 1 atom stereocenters. The summed E-state index contributed by atoms with van der Waals surface area (Å²) in [4.78, 5) is 29.3. The van der Waals surface area contributed by atoms with Crippen LogP contribution < -0.4 is 14.4 Å². The van der Waals surface area contributed by atoms with Crippen molar-refractivity contribution >= 4 is 27.5 Å². The molecule has 0 bridgehead atoms. The van der Waals surface area contributed by atoms with Crippen LogP contribution in [0.15, 0.2) is 77.7 Å². The number of rotatable bonds is 11. The second-order valence-electron chi connectivity index (χ2n) is 11.1. The van der Waals surface area contributed by atoms with E-state index in [-0.39, 0.29) is 23.0 Å². The molecule has 8 nitrogen and oxygen atoms in total.